The Morgan fingerprint density at radius 2 is 2.14 bits per heavy atom. The first-order chi connectivity index (χ1) is 10.6. The number of nitrogens with one attached hydrogen (secondary N) is 1. The second-order valence-corrected chi connectivity index (χ2v) is 7.20. The molecule has 1 fully saturated rings. The predicted molar refractivity (Wildman–Crippen MR) is 81.8 cm³/mol. The third kappa shape index (κ3) is 2.40. The number of para-hydroxylation sites is 1. The number of hydrogen-bond acceptors (Lipinski definition) is 4. The highest BCUT2D eigenvalue weighted by molar-refractivity contribution is 7.89. The zero-order valence-corrected chi connectivity index (χ0v) is 13.1. The molecule has 0 bridgehead atoms. The third-order valence-corrected chi connectivity index (χ3v) is 5.96. The molecular formula is C15H18N2O4S. The largest absolute Gasteiger partial charge is 0.463 e. The molecule has 1 aromatic carbocycles. The SMILES string of the molecule is CNC(=O)C1CCCCN1S(=O)(=O)c1cccc2ccoc12. The number of fused-ring (bicyclic) bond motifs is 1. The van der Waals surface area contributed by atoms with Gasteiger partial charge in [0, 0.05) is 19.0 Å². The van der Waals surface area contributed by atoms with E-state index >= 15 is 0 Å². The summed E-state index contributed by atoms with van der Waals surface area (Å²) in [7, 11) is -2.26. The second kappa shape index (κ2) is 5.73. The van der Waals surface area contributed by atoms with E-state index in [2.05, 4.69) is 5.32 Å². The summed E-state index contributed by atoms with van der Waals surface area (Å²) in [5.41, 5.74) is 0.337. The molecule has 1 amide bonds. The van der Waals surface area contributed by atoms with Crippen molar-refractivity contribution < 1.29 is 17.6 Å². The van der Waals surface area contributed by atoms with Crippen molar-refractivity contribution in [2.24, 2.45) is 0 Å². The van der Waals surface area contributed by atoms with Crippen molar-refractivity contribution in [2.45, 2.75) is 30.2 Å². The highest BCUT2D eigenvalue weighted by Crippen LogP contribution is 2.30. The molecule has 1 N–H and O–H groups in total. The fourth-order valence-corrected chi connectivity index (χ4v) is 4.73. The molecule has 1 atom stereocenters. The Labute approximate surface area is 129 Å². The van der Waals surface area contributed by atoms with E-state index in [1.807, 2.05) is 0 Å². The number of carbonyl (C=O) groups excluding carboxylic acids is 1. The number of benzene rings is 1. The van der Waals surface area contributed by atoms with Gasteiger partial charge in [-0.1, -0.05) is 18.6 Å². The Hall–Kier alpha value is -1.86. The smallest absolute Gasteiger partial charge is 0.247 e. The van der Waals surface area contributed by atoms with Crippen molar-refractivity contribution in [3.05, 3.63) is 30.5 Å². The topological polar surface area (TPSA) is 79.6 Å². The quantitative estimate of drug-likeness (QED) is 0.933. The Balaban J connectivity index is 2.08. The summed E-state index contributed by atoms with van der Waals surface area (Å²) < 4.78 is 32.7. The molecule has 1 aliphatic rings. The van der Waals surface area contributed by atoms with Gasteiger partial charge in [0.2, 0.25) is 15.9 Å². The molecular weight excluding hydrogens is 304 g/mol. The number of hydrogen-bond donors (Lipinski definition) is 1. The Bertz CT molecular complexity index is 797. The predicted octanol–water partition coefficient (Wildman–Crippen LogP) is 1.72. The minimum atomic E-state index is -3.78. The molecule has 0 radical (unpaired) electrons. The Morgan fingerprint density at radius 3 is 2.91 bits per heavy atom. The Kier molecular flexibility index (Phi) is 3.92. The number of piperidine rings is 1. The molecule has 1 saturated heterocycles. The molecule has 7 heteroatoms. The van der Waals surface area contributed by atoms with Gasteiger partial charge in [-0.3, -0.25) is 4.79 Å². The van der Waals surface area contributed by atoms with E-state index in [0.29, 0.717) is 18.5 Å². The minimum Gasteiger partial charge on any atom is -0.463 e. The number of rotatable bonds is 3. The van der Waals surface area contributed by atoms with Crippen LogP contribution in [0.3, 0.4) is 0 Å². The molecule has 0 aliphatic carbocycles. The van der Waals surface area contributed by atoms with Crippen molar-refractivity contribution in [1.82, 2.24) is 9.62 Å². The molecule has 2 aromatic rings. The van der Waals surface area contributed by atoms with Crippen LogP contribution >= 0.6 is 0 Å². The van der Waals surface area contributed by atoms with E-state index in [0.717, 1.165) is 18.2 Å². The summed E-state index contributed by atoms with van der Waals surface area (Å²) in [6.07, 6.45) is 3.60. The first-order valence-electron chi connectivity index (χ1n) is 7.25. The average Bonchev–Trinajstić information content (AvgIpc) is 3.02. The molecule has 1 unspecified atom stereocenters. The lowest BCUT2D eigenvalue weighted by molar-refractivity contribution is -0.125. The number of nitrogens with zero attached hydrogens (tertiary/aromatic N) is 1. The van der Waals surface area contributed by atoms with Crippen LogP contribution in [-0.2, 0) is 14.8 Å². The van der Waals surface area contributed by atoms with Gasteiger partial charge in [0.15, 0.2) is 5.58 Å². The monoisotopic (exact) mass is 322 g/mol. The summed E-state index contributed by atoms with van der Waals surface area (Å²) in [4.78, 5) is 12.1. The summed E-state index contributed by atoms with van der Waals surface area (Å²) in [5, 5.41) is 3.28. The highest BCUT2D eigenvalue weighted by Gasteiger charge is 2.38. The van der Waals surface area contributed by atoms with Crippen molar-refractivity contribution in [3.8, 4) is 0 Å². The summed E-state index contributed by atoms with van der Waals surface area (Å²) >= 11 is 0. The van der Waals surface area contributed by atoms with Gasteiger partial charge in [-0.15, -0.1) is 0 Å². The van der Waals surface area contributed by atoms with E-state index < -0.39 is 16.1 Å². The molecule has 0 spiro atoms. The maximum Gasteiger partial charge on any atom is 0.247 e. The standard InChI is InChI=1S/C15H18N2O4S/c1-16-15(18)12-6-2-3-9-17(12)22(19,20)13-7-4-5-11-8-10-21-14(11)13/h4-5,7-8,10,12H,2-3,6,9H2,1H3,(H,16,18). The first kappa shape index (κ1) is 15.1. The molecule has 1 aromatic heterocycles. The number of carbonyl (C=O) groups is 1. The zero-order valence-electron chi connectivity index (χ0n) is 12.3. The average molecular weight is 322 g/mol. The Morgan fingerprint density at radius 1 is 1.32 bits per heavy atom. The minimum absolute atomic E-state index is 0.116. The van der Waals surface area contributed by atoms with Crippen molar-refractivity contribution in [1.29, 1.82) is 0 Å². The van der Waals surface area contributed by atoms with Gasteiger partial charge < -0.3 is 9.73 Å². The van der Waals surface area contributed by atoms with E-state index in [4.69, 9.17) is 4.42 Å². The molecule has 0 saturated carbocycles. The summed E-state index contributed by atoms with van der Waals surface area (Å²) in [5.74, 6) is -0.269. The summed E-state index contributed by atoms with van der Waals surface area (Å²) in [6, 6.07) is 6.07. The van der Waals surface area contributed by atoms with Crippen LogP contribution in [0.25, 0.3) is 11.0 Å². The van der Waals surface area contributed by atoms with Crippen LogP contribution < -0.4 is 5.32 Å². The van der Waals surface area contributed by atoms with Gasteiger partial charge >= 0.3 is 0 Å². The molecule has 118 valence electrons. The zero-order chi connectivity index (χ0) is 15.7. The van der Waals surface area contributed by atoms with E-state index in [1.54, 1.807) is 18.2 Å². The highest BCUT2D eigenvalue weighted by atomic mass is 32.2. The van der Waals surface area contributed by atoms with Crippen LogP contribution in [0.15, 0.2) is 39.8 Å². The van der Waals surface area contributed by atoms with E-state index in [1.165, 1.54) is 23.7 Å². The van der Waals surface area contributed by atoms with Crippen LogP contribution in [0.5, 0.6) is 0 Å². The van der Waals surface area contributed by atoms with Crippen molar-refractivity contribution >= 4 is 26.9 Å². The van der Waals surface area contributed by atoms with Gasteiger partial charge in [0.25, 0.3) is 0 Å². The lowest BCUT2D eigenvalue weighted by Gasteiger charge is -2.33. The van der Waals surface area contributed by atoms with E-state index in [9.17, 15) is 13.2 Å². The number of likely N-dealkylation sites (N-methyl/N-ethyl adjacent to an activating group) is 1. The number of amides is 1. The molecule has 1 aliphatic heterocycles. The fourth-order valence-electron chi connectivity index (χ4n) is 2.92. The number of sulfonamides is 1. The van der Waals surface area contributed by atoms with Gasteiger partial charge in [-0.05, 0) is 25.0 Å². The third-order valence-electron chi connectivity index (χ3n) is 4.03. The summed E-state index contributed by atoms with van der Waals surface area (Å²) in [6.45, 7) is 0.345. The van der Waals surface area contributed by atoms with Crippen LogP contribution in [0.4, 0.5) is 0 Å². The van der Waals surface area contributed by atoms with Crippen LogP contribution in [0, 0.1) is 0 Å². The van der Waals surface area contributed by atoms with Gasteiger partial charge in [0.1, 0.15) is 10.9 Å². The van der Waals surface area contributed by atoms with Crippen LogP contribution in [0.1, 0.15) is 19.3 Å². The maximum atomic E-state index is 13.0. The van der Waals surface area contributed by atoms with Gasteiger partial charge in [-0.2, -0.15) is 4.31 Å². The molecule has 6 nitrogen and oxygen atoms in total. The van der Waals surface area contributed by atoms with Crippen molar-refractivity contribution in [3.63, 3.8) is 0 Å². The second-order valence-electron chi connectivity index (χ2n) is 5.34. The van der Waals surface area contributed by atoms with Crippen LogP contribution in [0.2, 0.25) is 0 Å². The van der Waals surface area contributed by atoms with Crippen LogP contribution in [-0.4, -0.2) is 38.3 Å². The molecule has 22 heavy (non-hydrogen) atoms. The van der Waals surface area contributed by atoms with E-state index in [-0.39, 0.29) is 10.8 Å². The lowest BCUT2D eigenvalue weighted by Crippen LogP contribution is -2.51. The fraction of sp³-hybridized carbons (Fsp3) is 0.400. The number of furan rings is 1. The first-order valence-corrected chi connectivity index (χ1v) is 8.69. The molecule has 2 heterocycles. The van der Waals surface area contributed by atoms with Gasteiger partial charge in [0.05, 0.1) is 6.26 Å². The lowest BCUT2D eigenvalue weighted by atomic mass is 10.0. The van der Waals surface area contributed by atoms with Crippen molar-refractivity contribution in [2.75, 3.05) is 13.6 Å². The molecule has 3 rings (SSSR count). The van der Waals surface area contributed by atoms with Gasteiger partial charge in [-0.25, -0.2) is 8.42 Å². The maximum absolute atomic E-state index is 13.0. The normalized spacial score (nSPS) is 20.1.